The van der Waals surface area contributed by atoms with Crippen LogP contribution in [-0.4, -0.2) is 17.2 Å². The Morgan fingerprint density at radius 2 is 1.94 bits per heavy atom. The summed E-state index contributed by atoms with van der Waals surface area (Å²) in [6.07, 6.45) is -0.339. The van der Waals surface area contributed by atoms with Gasteiger partial charge < -0.3 is 9.84 Å². The van der Waals surface area contributed by atoms with E-state index in [9.17, 15) is 4.79 Å². The first-order valence-corrected chi connectivity index (χ1v) is 6.41. The summed E-state index contributed by atoms with van der Waals surface area (Å²) >= 11 is 3.42. The molecule has 0 aliphatic carbocycles. The summed E-state index contributed by atoms with van der Waals surface area (Å²) in [5.74, 6) is -0.161. The lowest BCUT2D eigenvalue weighted by Crippen LogP contribution is -2.16. The predicted octanol–water partition coefficient (Wildman–Crippen LogP) is 3.84. The van der Waals surface area contributed by atoms with Gasteiger partial charge in [-0.25, -0.2) is 0 Å². The van der Waals surface area contributed by atoms with E-state index in [1.165, 1.54) is 0 Å². The number of carbonyl (C=O) groups is 1. The van der Waals surface area contributed by atoms with Crippen LogP contribution >= 0.6 is 15.9 Å². The van der Waals surface area contributed by atoms with E-state index in [2.05, 4.69) is 15.9 Å². The van der Waals surface area contributed by atoms with Crippen LogP contribution in [0.4, 0.5) is 0 Å². The van der Waals surface area contributed by atoms with Gasteiger partial charge in [-0.15, -0.1) is 0 Å². The van der Waals surface area contributed by atoms with Gasteiger partial charge in [0.2, 0.25) is 0 Å². The summed E-state index contributed by atoms with van der Waals surface area (Å²) in [7, 11) is 0. The van der Waals surface area contributed by atoms with E-state index < -0.39 is 5.97 Å². The standard InChI is InChI=1S/C14H13BrO3/c1-9(6-14(16)17)18-13-5-3-10-7-12(15)4-2-11(10)8-13/h2-5,7-9H,6H2,1H3,(H,16,17)/t9-/m1/s1. The third-order valence-electron chi connectivity index (χ3n) is 2.57. The Balaban J connectivity index is 2.20. The van der Waals surface area contributed by atoms with Gasteiger partial charge in [0.1, 0.15) is 11.9 Å². The highest BCUT2D eigenvalue weighted by Crippen LogP contribution is 2.24. The zero-order chi connectivity index (χ0) is 13.1. The highest BCUT2D eigenvalue weighted by molar-refractivity contribution is 9.10. The van der Waals surface area contributed by atoms with E-state index >= 15 is 0 Å². The van der Waals surface area contributed by atoms with Crippen LogP contribution < -0.4 is 4.74 Å². The molecule has 2 aromatic rings. The average Bonchev–Trinajstić information content (AvgIpc) is 2.28. The minimum Gasteiger partial charge on any atom is -0.490 e. The van der Waals surface area contributed by atoms with Crippen LogP contribution in [0.5, 0.6) is 5.75 Å². The minimum absolute atomic E-state index is 0.00161. The average molecular weight is 309 g/mol. The Labute approximate surface area is 114 Å². The SMILES string of the molecule is C[C@H](CC(=O)O)Oc1ccc2cc(Br)ccc2c1. The van der Waals surface area contributed by atoms with E-state index in [-0.39, 0.29) is 12.5 Å². The third kappa shape index (κ3) is 3.23. The van der Waals surface area contributed by atoms with Crippen molar-refractivity contribution in [3.05, 3.63) is 40.9 Å². The molecule has 0 amide bonds. The molecule has 0 aromatic heterocycles. The van der Waals surface area contributed by atoms with Gasteiger partial charge in [0.05, 0.1) is 6.42 Å². The first kappa shape index (κ1) is 12.9. The van der Waals surface area contributed by atoms with Crippen molar-refractivity contribution in [1.82, 2.24) is 0 Å². The van der Waals surface area contributed by atoms with Gasteiger partial charge in [-0.05, 0) is 42.0 Å². The van der Waals surface area contributed by atoms with E-state index in [0.29, 0.717) is 5.75 Å². The van der Waals surface area contributed by atoms with Gasteiger partial charge in [0.15, 0.2) is 0 Å². The summed E-state index contributed by atoms with van der Waals surface area (Å²) in [4.78, 5) is 10.6. The quantitative estimate of drug-likeness (QED) is 0.933. The molecule has 4 heteroatoms. The van der Waals surface area contributed by atoms with Gasteiger partial charge in [-0.3, -0.25) is 4.79 Å². The van der Waals surface area contributed by atoms with E-state index in [1.807, 2.05) is 36.4 Å². The van der Waals surface area contributed by atoms with Gasteiger partial charge in [0, 0.05) is 4.47 Å². The fraction of sp³-hybridized carbons (Fsp3) is 0.214. The lowest BCUT2D eigenvalue weighted by atomic mass is 10.1. The minimum atomic E-state index is -0.854. The van der Waals surface area contributed by atoms with E-state index in [0.717, 1.165) is 15.2 Å². The first-order valence-electron chi connectivity index (χ1n) is 5.62. The molecule has 1 N–H and O–H groups in total. The van der Waals surface area contributed by atoms with Gasteiger partial charge >= 0.3 is 5.97 Å². The molecular weight excluding hydrogens is 296 g/mol. The maximum Gasteiger partial charge on any atom is 0.307 e. The second-order valence-corrected chi connectivity index (χ2v) is 5.10. The third-order valence-corrected chi connectivity index (χ3v) is 3.07. The predicted molar refractivity (Wildman–Crippen MR) is 74.0 cm³/mol. The highest BCUT2D eigenvalue weighted by Gasteiger charge is 2.09. The number of aliphatic carboxylic acids is 1. The van der Waals surface area contributed by atoms with Crippen molar-refractivity contribution >= 4 is 32.7 Å². The van der Waals surface area contributed by atoms with Gasteiger partial charge in [-0.2, -0.15) is 0 Å². The van der Waals surface area contributed by atoms with Crippen molar-refractivity contribution in [3.63, 3.8) is 0 Å². The first-order chi connectivity index (χ1) is 8.54. The van der Waals surface area contributed by atoms with Crippen LogP contribution in [0.2, 0.25) is 0 Å². The van der Waals surface area contributed by atoms with Crippen molar-refractivity contribution in [1.29, 1.82) is 0 Å². The summed E-state index contributed by atoms with van der Waals surface area (Å²) in [5, 5.41) is 10.9. The zero-order valence-electron chi connectivity index (χ0n) is 9.89. The maximum atomic E-state index is 10.6. The molecule has 0 saturated carbocycles. The summed E-state index contributed by atoms with van der Waals surface area (Å²) in [6, 6.07) is 11.7. The fourth-order valence-electron chi connectivity index (χ4n) is 1.79. The Kier molecular flexibility index (Phi) is 3.87. The topological polar surface area (TPSA) is 46.5 Å². The second kappa shape index (κ2) is 5.40. The van der Waals surface area contributed by atoms with E-state index in [1.54, 1.807) is 6.92 Å². The van der Waals surface area contributed by atoms with Crippen molar-refractivity contribution in [3.8, 4) is 5.75 Å². The number of halogens is 1. The van der Waals surface area contributed by atoms with Gasteiger partial charge in [0.25, 0.3) is 0 Å². The number of ether oxygens (including phenoxy) is 1. The Morgan fingerprint density at radius 1 is 1.28 bits per heavy atom. The molecule has 0 aliphatic rings. The molecule has 0 bridgehead atoms. The number of fused-ring (bicyclic) bond motifs is 1. The smallest absolute Gasteiger partial charge is 0.307 e. The van der Waals surface area contributed by atoms with Gasteiger partial charge in [-0.1, -0.05) is 28.1 Å². The molecule has 0 unspecified atom stereocenters. The molecule has 0 spiro atoms. The van der Waals surface area contributed by atoms with Crippen LogP contribution in [0, 0.1) is 0 Å². The molecule has 2 rings (SSSR count). The normalized spacial score (nSPS) is 12.3. The van der Waals surface area contributed by atoms with Crippen molar-refractivity contribution in [2.24, 2.45) is 0 Å². The highest BCUT2D eigenvalue weighted by atomic mass is 79.9. The van der Waals surface area contributed by atoms with Crippen LogP contribution in [-0.2, 0) is 4.79 Å². The van der Waals surface area contributed by atoms with Crippen molar-refractivity contribution in [2.45, 2.75) is 19.4 Å². The summed E-state index contributed by atoms with van der Waals surface area (Å²) in [6.45, 7) is 1.75. The molecule has 3 nitrogen and oxygen atoms in total. The van der Waals surface area contributed by atoms with Crippen molar-refractivity contribution < 1.29 is 14.6 Å². The second-order valence-electron chi connectivity index (χ2n) is 4.18. The molecule has 0 fully saturated rings. The Hall–Kier alpha value is -1.55. The summed E-state index contributed by atoms with van der Waals surface area (Å²) < 4.78 is 6.60. The Bertz CT molecular complexity index is 580. The Morgan fingerprint density at radius 3 is 2.67 bits per heavy atom. The molecule has 94 valence electrons. The number of benzene rings is 2. The number of carboxylic acids is 1. The molecule has 18 heavy (non-hydrogen) atoms. The van der Waals surface area contributed by atoms with Crippen LogP contribution in [0.25, 0.3) is 10.8 Å². The molecule has 1 atom stereocenters. The largest absolute Gasteiger partial charge is 0.490 e. The lowest BCUT2D eigenvalue weighted by molar-refractivity contribution is -0.138. The fourth-order valence-corrected chi connectivity index (χ4v) is 2.17. The maximum absolute atomic E-state index is 10.6. The monoisotopic (exact) mass is 308 g/mol. The van der Waals surface area contributed by atoms with Crippen LogP contribution in [0.1, 0.15) is 13.3 Å². The molecule has 2 aromatic carbocycles. The molecule has 0 heterocycles. The van der Waals surface area contributed by atoms with Crippen LogP contribution in [0.3, 0.4) is 0 Å². The molecule has 0 saturated heterocycles. The zero-order valence-corrected chi connectivity index (χ0v) is 11.5. The molecule has 0 radical (unpaired) electrons. The number of carboxylic acid groups (broad SMARTS) is 1. The number of hydrogen-bond donors (Lipinski definition) is 1. The molecule has 0 aliphatic heterocycles. The lowest BCUT2D eigenvalue weighted by Gasteiger charge is -2.13. The van der Waals surface area contributed by atoms with Crippen LogP contribution in [0.15, 0.2) is 40.9 Å². The van der Waals surface area contributed by atoms with E-state index in [4.69, 9.17) is 9.84 Å². The van der Waals surface area contributed by atoms with Crippen molar-refractivity contribution in [2.75, 3.05) is 0 Å². The summed E-state index contributed by atoms with van der Waals surface area (Å²) in [5.41, 5.74) is 0. The molecular formula is C14H13BrO3. The number of hydrogen-bond acceptors (Lipinski definition) is 2. The number of rotatable bonds is 4.